The van der Waals surface area contributed by atoms with E-state index in [2.05, 4.69) is 18.4 Å². The molecule has 2 nitrogen and oxygen atoms in total. The summed E-state index contributed by atoms with van der Waals surface area (Å²) < 4.78 is 0. The number of fused-ring (bicyclic) bond motifs is 1. The van der Waals surface area contributed by atoms with Crippen LogP contribution in [0.4, 0.5) is 0 Å². The van der Waals surface area contributed by atoms with Crippen molar-refractivity contribution in [1.82, 2.24) is 4.90 Å². The number of hydrogen-bond acceptors (Lipinski definition) is 2. The van der Waals surface area contributed by atoms with Crippen LogP contribution in [0.25, 0.3) is 6.08 Å². The van der Waals surface area contributed by atoms with E-state index < -0.39 is 0 Å². The Labute approximate surface area is 123 Å². The van der Waals surface area contributed by atoms with Gasteiger partial charge in [0.25, 0.3) is 0 Å². The monoisotopic (exact) mass is 283 g/mol. The molecule has 0 unspecified atom stereocenters. The topological polar surface area (TPSA) is 20.3 Å². The lowest BCUT2D eigenvalue weighted by atomic mass is 10.0. The third kappa shape index (κ3) is 2.54. The first kappa shape index (κ1) is 13.1. The fourth-order valence-corrected chi connectivity index (χ4v) is 3.60. The third-order valence-electron chi connectivity index (χ3n) is 3.78. The lowest BCUT2D eigenvalue weighted by Gasteiger charge is -2.32. The van der Waals surface area contributed by atoms with Crippen LogP contribution in [0.5, 0.6) is 0 Å². The number of thiophene rings is 1. The highest BCUT2D eigenvalue weighted by Crippen LogP contribution is 2.32. The van der Waals surface area contributed by atoms with Gasteiger partial charge < -0.3 is 4.90 Å². The number of hydrogen-bond donors (Lipinski definition) is 0. The molecule has 1 aromatic carbocycles. The molecule has 3 rings (SSSR count). The van der Waals surface area contributed by atoms with Gasteiger partial charge in [0.1, 0.15) is 0 Å². The van der Waals surface area contributed by atoms with Crippen molar-refractivity contribution in [3.05, 3.63) is 63.9 Å². The average Bonchev–Trinajstić information content (AvgIpc) is 2.96. The zero-order chi connectivity index (χ0) is 13.9. The molecule has 20 heavy (non-hydrogen) atoms. The van der Waals surface area contributed by atoms with E-state index >= 15 is 0 Å². The zero-order valence-electron chi connectivity index (χ0n) is 11.5. The molecule has 1 amide bonds. The first-order chi connectivity index (χ1) is 9.75. The summed E-state index contributed by atoms with van der Waals surface area (Å²) in [5, 5.41) is 2.12. The summed E-state index contributed by atoms with van der Waals surface area (Å²) in [7, 11) is 0. The average molecular weight is 283 g/mol. The van der Waals surface area contributed by atoms with Crippen molar-refractivity contribution in [2.45, 2.75) is 19.4 Å². The maximum Gasteiger partial charge on any atom is 0.247 e. The summed E-state index contributed by atoms with van der Waals surface area (Å²) in [4.78, 5) is 15.7. The van der Waals surface area contributed by atoms with E-state index in [0.717, 1.165) is 18.5 Å². The fraction of sp³-hybridized carbons (Fsp3) is 0.235. The molecule has 0 N–H and O–H groups in total. The Bertz CT molecular complexity index is 629. The fourth-order valence-electron chi connectivity index (χ4n) is 2.64. The van der Waals surface area contributed by atoms with Gasteiger partial charge >= 0.3 is 0 Å². The van der Waals surface area contributed by atoms with Gasteiger partial charge in [-0.25, -0.2) is 0 Å². The molecule has 0 bridgehead atoms. The standard InChI is InChI=1S/C17H17NOS/c1-13-15-10-12-20-16(15)9-11-18(13)17(19)8-7-14-5-3-2-4-6-14/h2-8,10,12-13H,9,11H2,1H3/b8-7-/t13-/m0/s1. The van der Waals surface area contributed by atoms with Gasteiger partial charge in [-0.05, 0) is 42.0 Å². The van der Waals surface area contributed by atoms with Gasteiger partial charge in [-0.1, -0.05) is 30.3 Å². The van der Waals surface area contributed by atoms with Crippen molar-refractivity contribution >= 4 is 23.3 Å². The van der Waals surface area contributed by atoms with Crippen molar-refractivity contribution in [3.63, 3.8) is 0 Å². The van der Waals surface area contributed by atoms with Crippen LogP contribution in [0, 0.1) is 0 Å². The second-order valence-electron chi connectivity index (χ2n) is 5.00. The van der Waals surface area contributed by atoms with Crippen molar-refractivity contribution in [2.75, 3.05) is 6.54 Å². The van der Waals surface area contributed by atoms with Crippen LogP contribution in [-0.2, 0) is 11.2 Å². The summed E-state index contributed by atoms with van der Waals surface area (Å²) in [5.74, 6) is 0.0956. The van der Waals surface area contributed by atoms with Crippen LogP contribution < -0.4 is 0 Å². The Kier molecular flexibility index (Phi) is 3.70. The predicted molar refractivity (Wildman–Crippen MR) is 83.6 cm³/mol. The Hall–Kier alpha value is -1.87. The molecule has 0 spiro atoms. The molecule has 0 saturated heterocycles. The highest BCUT2D eigenvalue weighted by Gasteiger charge is 2.26. The largest absolute Gasteiger partial charge is 0.332 e. The molecule has 1 atom stereocenters. The number of amides is 1. The van der Waals surface area contributed by atoms with Crippen molar-refractivity contribution in [3.8, 4) is 0 Å². The molecule has 0 aliphatic carbocycles. The van der Waals surface area contributed by atoms with Gasteiger partial charge in [0.15, 0.2) is 0 Å². The number of rotatable bonds is 2. The van der Waals surface area contributed by atoms with Gasteiger partial charge in [-0.15, -0.1) is 11.3 Å². The lowest BCUT2D eigenvalue weighted by molar-refractivity contribution is -0.128. The van der Waals surface area contributed by atoms with Gasteiger partial charge in [0.05, 0.1) is 6.04 Å². The molecule has 3 heteroatoms. The maximum absolute atomic E-state index is 12.4. The molecule has 0 saturated carbocycles. The minimum absolute atomic E-state index is 0.0956. The van der Waals surface area contributed by atoms with E-state index in [1.807, 2.05) is 41.3 Å². The molecule has 2 heterocycles. The molecule has 1 aliphatic heterocycles. The van der Waals surface area contributed by atoms with Gasteiger partial charge in [-0.3, -0.25) is 4.79 Å². The smallest absolute Gasteiger partial charge is 0.247 e. The lowest BCUT2D eigenvalue weighted by Crippen LogP contribution is -2.37. The molecular weight excluding hydrogens is 266 g/mol. The second-order valence-corrected chi connectivity index (χ2v) is 6.00. The van der Waals surface area contributed by atoms with Gasteiger partial charge in [-0.2, -0.15) is 0 Å². The quantitative estimate of drug-likeness (QED) is 0.765. The third-order valence-corrected chi connectivity index (χ3v) is 4.77. The highest BCUT2D eigenvalue weighted by atomic mass is 32.1. The Balaban J connectivity index is 1.74. The minimum Gasteiger partial charge on any atom is -0.332 e. The van der Waals surface area contributed by atoms with E-state index in [9.17, 15) is 4.79 Å². The Morgan fingerprint density at radius 3 is 2.90 bits per heavy atom. The summed E-state index contributed by atoms with van der Waals surface area (Å²) in [5.41, 5.74) is 2.37. The van der Waals surface area contributed by atoms with E-state index in [-0.39, 0.29) is 11.9 Å². The number of nitrogens with zero attached hydrogens (tertiary/aromatic N) is 1. The van der Waals surface area contributed by atoms with Crippen LogP contribution in [0.15, 0.2) is 47.9 Å². The first-order valence-corrected chi connectivity index (χ1v) is 7.73. The van der Waals surface area contributed by atoms with E-state index in [1.165, 1.54) is 10.4 Å². The molecule has 0 fully saturated rings. The molecule has 102 valence electrons. The van der Waals surface area contributed by atoms with Crippen LogP contribution >= 0.6 is 11.3 Å². The Morgan fingerprint density at radius 1 is 1.30 bits per heavy atom. The number of carbonyl (C=O) groups excluding carboxylic acids is 1. The molecule has 2 aromatic rings. The molecule has 1 aromatic heterocycles. The summed E-state index contributed by atoms with van der Waals surface area (Å²) in [6, 6.07) is 12.3. The van der Waals surface area contributed by atoms with Crippen LogP contribution in [0.1, 0.15) is 29.0 Å². The van der Waals surface area contributed by atoms with Crippen LogP contribution in [0.2, 0.25) is 0 Å². The van der Waals surface area contributed by atoms with E-state index in [1.54, 1.807) is 17.4 Å². The Morgan fingerprint density at radius 2 is 2.10 bits per heavy atom. The zero-order valence-corrected chi connectivity index (χ0v) is 12.3. The van der Waals surface area contributed by atoms with Crippen molar-refractivity contribution < 1.29 is 4.79 Å². The predicted octanol–water partition coefficient (Wildman–Crippen LogP) is 3.91. The normalized spacial score (nSPS) is 18.2. The first-order valence-electron chi connectivity index (χ1n) is 6.85. The maximum atomic E-state index is 12.4. The molecule has 1 aliphatic rings. The summed E-state index contributed by atoms with van der Waals surface area (Å²) in [6.07, 6.45) is 4.55. The van der Waals surface area contributed by atoms with Gasteiger partial charge in [0.2, 0.25) is 5.91 Å². The molecular formula is C17H17NOS. The SMILES string of the molecule is C[C@H]1c2ccsc2CCN1C(=O)/C=C\c1ccccc1. The van der Waals surface area contributed by atoms with E-state index in [0.29, 0.717) is 0 Å². The highest BCUT2D eigenvalue weighted by molar-refractivity contribution is 7.10. The van der Waals surface area contributed by atoms with Crippen molar-refractivity contribution in [1.29, 1.82) is 0 Å². The number of carbonyl (C=O) groups is 1. The minimum atomic E-state index is 0.0956. The van der Waals surface area contributed by atoms with E-state index in [4.69, 9.17) is 0 Å². The molecule has 0 radical (unpaired) electrons. The van der Waals surface area contributed by atoms with Crippen LogP contribution in [0.3, 0.4) is 0 Å². The van der Waals surface area contributed by atoms with Crippen LogP contribution in [-0.4, -0.2) is 17.4 Å². The van der Waals surface area contributed by atoms with Gasteiger partial charge in [0, 0.05) is 17.5 Å². The second kappa shape index (κ2) is 5.63. The summed E-state index contributed by atoms with van der Waals surface area (Å²) in [6.45, 7) is 2.92. The summed E-state index contributed by atoms with van der Waals surface area (Å²) >= 11 is 1.80. The van der Waals surface area contributed by atoms with Crippen molar-refractivity contribution in [2.24, 2.45) is 0 Å². The number of benzene rings is 1.